The summed E-state index contributed by atoms with van der Waals surface area (Å²) in [5.41, 5.74) is 1.22. The van der Waals surface area contributed by atoms with Crippen molar-refractivity contribution in [2.75, 3.05) is 24.6 Å². The zero-order chi connectivity index (χ0) is 12.5. The van der Waals surface area contributed by atoms with Crippen molar-refractivity contribution in [1.29, 1.82) is 0 Å². The van der Waals surface area contributed by atoms with Gasteiger partial charge in [0.2, 0.25) is 0 Å². The van der Waals surface area contributed by atoms with E-state index in [0.29, 0.717) is 13.1 Å². The molecular weight excluding hydrogens is 302 g/mol. The molecule has 0 aliphatic carbocycles. The van der Waals surface area contributed by atoms with Crippen molar-refractivity contribution in [2.24, 2.45) is 0 Å². The molecule has 1 aromatic carbocycles. The van der Waals surface area contributed by atoms with E-state index in [-0.39, 0.29) is 17.5 Å². The van der Waals surface area contributed by atoms with E-state index in [1.54, 1.807) is 0 Å². The molecule has 17 heavy (non-hydrogen) atoms. The Bertz CT molecular complexity index is 487. The minimum Gasteiger partial charge on any atom is -0.295 e. The van der Waals surface area contributed by atoms with Crippen molar-refractivity contribution in [3.8, 4) is 0 Å². The summed E-state index contributed by atoms with van der Waals surface area (Å²) in [6.07, 6.45) is 0. The Morgan fingerprint density at radius 2 is 1.94 bits per heavy atom. The molecule has 3 nitrogen and oxygen atoms in total. The van der Waals surface area contributed by atoms with Crippen LogP contribution in [-0.4, -0.2) is 37.9 Å². The van der Waals surface area contributed by atoms with Gasteiger partial charge in [0, 0.05) is 23.6 Å². The largest absolute Gasteiger partial charge is 0.295 e. The molecule has 1 fully saturated rings. The fourth-order valence-corrected chi connectivity index (χ4v) is 3.74. The average Bonchev–Trinajstić information content (AvgIpc) is 2.28. The molecule has 1 aliphatic heterocycles. The molecule has 0 radical (unpaired) electrons. The molecular formula is C12H16BrNO2S. The van der Waals surface area contributed by atoms with Gasteiger partial charge in [-0.15, -0.1) is 0 Å². The van der Waals surface area contributed by atoms with Crippen LogP contribution >= 0.6 is 15.9 Å². The Morgan fingerprint density at radius 3 is 2.53 bits per heavy atom. The maximum atomic E-state index is 11.4. The number of rotatable bonds is 2. The van der Waals surface area contributed by atoms with Gasteiger partial charge in [0.1, 0.15) is 0 Å². The summed E-state index contributed by atoms with van der Waals surface area (Å²) in [6.45, 7) is 3.39. The van der Waals surface area contributed by atoms with E-state index in [2.05, 4.69) is 39.9 Å². The highest BCUT2D eigenvalue weighted by Gasteiger charge is 2.25. The fourth-order valence-electron chi connectivity index (χ4n) is 2.09. The molecule has 5 heteroatoms. The zero-order valence-electron chi connectivity index (χ0n) is 9.77. The first-order chi connectivity index (χ1) is 7.98. The molecule has 1 unspecified atom stereocenters. The van der Waals surface area contributed by atoms with E-state index >= 15 is 0 Å². The number of hydrogen-bond donors (Lipinski definition) is 0. The maximum Gasteiger partial charge on any atom is 0.152 e. The first kappa shape index (κ1) is 13.1. The van der Waals surface area contributed by atoms with Crippen LogP contribution in [-0.2, 0) is 9.84 Å². The normalized spacial score (nSPS) is 22.2. The van der Waals surface area contributed by atoms with Crippen LogP contribution in [0.2, 0.25) is 0 Å². The molecule has 1 aliphatic rings. The second-order valence-electron chi connectivity index (χ2n) is 4.42. The molecule has 0 N–H and O–H groups in total. The van der Waals surface area contributed by atoms with Gasteiger partial charge >= 0.3 is 0 Å². The van der Waals surface area contributed by atoms with Crippen LogP contribution in [0.4, 0.5) is 0 Å². The molecule has 1 aromatic rings. The first-order valence-electron chi connectivity index (χ1n) is 5.68. The smallest absolute Gasteiger partial charge is 0.152 e. The summed E-state index contributed by atoms with van der Waals surface area (Å²) in [5, 5.41) is 0. The van der Waals surface area contributed by atoms with Gasteiger partial charge < -0.3 is 0 Å². The lowest BCUT2D eigenvalue weighted by atomic mass is 10.1. The predicted octanol–water partition coefficient (Wildman–Crippen LogP) is 2.24. The Balaban J connectivity index is 2.09. The Kier molecular flexibility index (Phi) is 3.90. The summed E-state index contributed by atoms with van der Waals surface area (Å²) >= 11 is 3.46. The standard InChI is InChI=1S/C12H16BrNO2S/c1-10(11-3-2-4-12(13)9-11)14-5-7-17(15,16)8-6-14/h2-4,9-10H,5-8H2,1H3. The zero-order valence-corrected chi connectivity index (χ0v) is 12.2. The minimum atomic E-state index is -2.79. The van der Waals surface area contributed by atoms with Crippen LogP contribution in [0.5, 0.6) is 0 Å². The van der Waals surface area contributed by atoms with E-state index in [4.69, 9.17) is 0 Å². The number of nitrogens with zero attached hydrogens (tertiary/aromatic N) is 1. The van der Waals surface area contributed by atoms with Gasteiger partial charge in [-0.25, -0.2) is 8.42 Å². The molecule has 1 atom stereocenters. The van der Waals surface area contributed by atoms with E-state index in [1.807, 2.05) is 12.1 Å². The van der Waals surface area contributed by atoms with Crippen LogP contribution in [0.1, 0.15) is 18.5 Å². The minimum absolute atomic E-state index is 0.267. The summed E-state index contributed by atoms with van der Waals surface area (Å²) in [4.78, 5) is 2.23. The Labute approximate surface area is 111 Å². The van der Waals surface area contributed by atoms with E-state index in [1.165, 1.54) is 5.56 Å². The third kappa shape index (κ3) is 3.30. The lowest BCUT2D eigenvalue weighted by molar-refractivity contribution is 0.228. The van der Waals surface area contributed by atoms with Gasteiger partial charge in [-0.05, 0) is 24.6 Å². The van der Waals surface area contributed by atoms with Crippen molar-refractivity contribution in [3.05, 3.63) is 34.3 Å². The molecule has 0 amide bonds. The number of sulfone groups is 1. The molecule has 0 saturated carbocycles. The number of halogens is 1. The van der Waals surface area contributed by atoms with Gasteiger partial charge in [0.05, 0.1) is 11.5 Å². The van der Waals surface area contributed by atoms with Crippen molar-refractivity contribution in [3.63, 3.8) is 0 Å². The highest BCUT2D eigenvalue weighted by Crippen LogP contribution is 2.24. The molecule has 2 rings (SSSR count). The molecule has 94 valence electrons. The summed E-state index contributed by atoms with van der Waals surface area (Å²) < 4.78 is 23.8. The lowest BCUT2D eigenvalue weighted by Gasteiger charge is -2.32. The van der Waals surface area contributed by atoms with Crippen LogP contribution in [0, 0.1) is 0 Å². The average molecular weight is 318 g/mol. The van der Waals surface area contributed by atoms with Crippen molar-refractivity contribution < 1.29 is 8.42 Å². The molecule has 0 bridgehead atoms. The first-order valence-corrected chi connectivity index (χ1v) is 8.29. The van der Waals surface area contributed by atoms with Crippen LogP contribution < -0.4 is 0 Å². The predicted molar refractivity (Wildman–Crippen MR) is 72.8 cm³/mol. The second kappa shape index (κ2) is 5.08. The van der Waals surface area contributed by atoms with Gasteiger partial charge in [0.15, 0.2) is 9.84 Å². The molecule has 1 saturated heterocycles. The van der Waals surface area contributed by atoms with Gasteiger partial charge in [-0.1, -0.05) is 28.1 Å². The van der Waals surface area contributed by atoms with Crippen LogP contribution in [0.15, 0.2) is 28.7 Å². The van der Waals surface area contributed by atoms with Crippen LogP contribution in [0.25, 0.3) is 0 Å². The van der Waals surface area contributed by atoms with Gasteiger partial charge in [-0.2, -0.15) is 0 Å². The van der Waals surface area contributed by atoms with E-state index < -0.39 is 9.84 Å². The molecule has 0 aromatic heterocycles. The van der Waals surface area contributed by atoms with Crippen molar-refractivity contribution >= 4 is 25.8 Å². The number of hydrogen-bond acceptors (Lipinski definition) is 3. The van der Waals surface area contributed by atoms with E-state index in [0.717, 1.165) is 4.47 Å². The molecule has 1 heterocycles. The van der Waals surface area contributed by atoms with Crippen molar-refractivity contribution in [2.45, 2.75) is 13.0 Å². The van der Waals surface area contributed by atoms with Gasteiger partial charge in [0.25, 0.3) is 0 Å². The van der Waals surface area contributed by atoms with Crippen molar-refractivity contribution in [1.82, 2.24) is 4.90 Å². The highest BCUT2D eigenvalue weighted by molar-refractivity contribution is 9.10. The highest BCUT2D eigenvalue weighted by atomic mass is 79.9. The quantitative estimate of drug-likeness (QED) is 0.839. The third-order valence-electron chi connectivity index (χ3n) is 3.26. The maximum absolute atomic E-state index is 11.4. The topological polar surface area (TPSA) is 37.4 Å². The summed E-state index contributed by atoms with van der Waals surface area (Å²) in [5.74, 6) is 0.566. The Morgan fingerprint density at radius 1 is 1.29 bits per heavy atom. The SMILES string of the molecule is CC(c1cccc(Br)c1)N1CCS(=O)(=O)CC1. The van der Waals surface area contributed by atoms with Gasteiger partial charge in [-0.3, -0.25) is 4.90 Å². The second-order valence-corrected chi connectivity index (χ2v) is 7.64. The van der Waals surface area contributed by atoms with Crippen LogP contribution in [0.3, 0.4) is 0 Å². The fraction of sp³-hybridized carbons (Fsp3) is 0.500. The lowest BCUT2D eigenvalue weighted by Crippen LogP contribution is -2.41. The number of benzene rings is 1. The molecule has 0 spiro atoms. The summed E-state index contributed by atoms with van der Waals surface area (Å²) in [6, 6.07) is 8.45. The Hall–Kier alpha value is -0.390. The monoisotopic (exact) mass is 317 g/mol. The summed E-state index contributed by atoms with van der Waals surface area (Å²) in [7, 11) is -2.79. The van der Waals surface area contributed by atoms with E-state index in [9.17, 15) is 8.42 Å². The third-order valence-corrected chi connectivity index (χ3v) is 5.36.